The lowest BCUT2D eigenvalue weighted by Crippen LogP contribution is -2.38. The predicted molar refractivity (Wildman–Crippen MR) is 76.1 cm³/mol. The zero-order valence-electron chi connectivity index (χ0n) is 10.8. The van der Waals surface area contributed by atoms with Crippen LogP contribution in [0.4, 0.5) is 5.82 Å². The molecule has 0 fully saturated rings. The Labute approximate surface area is 116 Å². The summed E-state index contributed by atoms with van der Waals surface area (Å²) in [5.41, 5.74) is 2.87. The van der Waals surface area contributed by atoms with E-state index in [0.29, 0.717) is 17.3 Å². The number of nitrogens with zero attached hydrogens (tertiary/aromatic N) is 1. The van der Waals surface area contributed by atoms with E-state index in [2.05, 4.69) is 45.5 Å². The van der Waals surface area contributed by atoms with E-state index in [4.69, 9.17) is 5.84 Å². The molecule has 18 heavy (non-hydrogen) atoms. The number of nitrogen functional groups attached to an aromatic ring is 1. The molecule has 0 aliphatic heterocycles. The topological polar surface area (TPSA) is 80.0 Å². The highest BCUT2D eigenvalue weighted by Crippen LogP contribution is 2.18. The Hall–Kier alpha value is -1.14. The summed E-state index contributed by atoms with van der Waals surface area (Å²) in [5, 5.41) is 2.99. The van der Waals surface area contributed by atoms with Gasteiger partial charge < -0.3 is 10.7 Å². The lowest BCUT2D eigenvalue weighted by molar-refractivity contribution is 0.0925. The summed E-state index contributed by atoms with van der Waals surface area (Å²) in [6, 6.07) is 1.84. The summed E-state index contributed by atoms with van der Waals surface area (Å²) in [4.78, 5) is 16.2. The second-order valence-corrected chi connectivity index (χ2v) is 5.34. The van der Waals surface area contributed by atoms with Gasteiger partial charge in [-0.25, -0.2) is 10.8 Å². The lowest BCUT2D eigenvalue weighted by Gasteiger charge is -2.21. The van der Waals surface area contributed by atoms with Crippen LogP contribution in [0.1, 0.15) is 37.6 Å². The first-order chi connectivity index (χ1) is 8.49. The fourth-order valence-electron chi connectivity index (χ4n) is 1.71. The Morgan fingerprint density at radius 3 is 2.72 bits per heavy atom. The minimum atomic E-state index is -0.169. The average molecular weight is 315 g/mol. The average Bonchev–Trinajstić information content (AvgIpc) is 2.35. The number of aromatic nitrogens is 1. The number of amides is 1. The Kier molecular flexibility index (Phi) is 5.55. The van der Waals surface area contributed by atoms with Gasteiger partial charge in [-0.3, -0.25) is 4.79 Å². The van der Waals surface area contributed by atoms with Crippen molar-refractivity contribution >= 4 is 27.7 Å². The number of rotatable bonds is 5. The molecule has 1 aromatic rings. The standard InChI is InChI=1S/C12H19BrN4O/c1-4-10(7(2)3)16-12(18)9-5-8(13)6-15-11(9)17-14/h5-7,10H,4,14H2,1-3H3,(H,15,17)(H,16,18). The molecule has 4 N–H and O–H groups in total. The Morgan fingerprint density at radius 2 is 2.22 bits per heavy atom. The Morgan fingerprint density at radius 1 is 1.56 bits per heavy atom. The number of hydrogen-bond acceptors (Lipinski definition) is 4. The van der Waals surface area contributed by atoms with Gasteiger partial charge in [-0.15, -0.1) is 0 Å². The van der Waals surface area contributed by atoms with E-state index in [9.17, 15) is 4.79 Å². The molecule has 100 valence electrons. The number of carbonyl (C=O) groups excluding carboxylic acids is 1. The maximum absolute atomic E-state index is 12.2. The summed E-state index contributed by atoms with van der Waals surface area (Å²) in [7, 11) is 0. The molecule has 1 rings (SSSR count). The molecule has 0 aromatic carbocycles. The number of nitrogens with two attached hydrogens (primary N) is 1. The van der Waals surface area contributed by atoms with Gasteiger partial charge in [0, 0.05) is 16.7 Å². The number of hydrazine groups is 1. The second-order valence-electron chi connectivity index (χ2n) is 4.43. The van der Waals surface area contributed by atoms with E-state index in [-0.39, 0.29) is 11.9 Å². The highest BCUT2D eigenvalue weighted by atomic mass is 79.9. The van der Waals surface area contributed by atoms with E-state index in [1.165, 1.54) is 0 Å². The first-order valence-corrected chi connectivity index (χ1v) is 6.71. The van der Waals surface area contributed by atoms with Gasteiger partial charge in [0.05, 0.1) is 5.56 Å². The summed E-state index contributed by atoms with van der Waals surface area (Å²) in [5.74, 6) is 5.94. The minimum Gasteiger partial charge on any atom is -0.349 e. The molecular formula is C12H19BrN4O. The van der Waals surface area contributed by atoms with Crippen molar-refractivity contribution in [1.82, 2.24) is 10.3 Å². The van der Waals surface area contributed by atoms with E-state index < -0.39 is 0 Å². The molecule has 0 radical (unpaired) electrons. The minimum absolute atomic E-state index is 0.141. The zero-order valence-corrected chi connectivity index (χ0v) is 12.4. The van der Waals surface area contributed by atoms with Crippen molar-refractivity contribution in [2.24, 2.45) is 11.8 Å². The molecule has 1 atom stereocenters. The molecule has 1 aromatic heterocycles. The summed E-state index contributed by atoms with van der Waals surface area (Å²) in [6.45, 7) is 6.21. The maximum Gasteiger partial charge on any atom is 0.255 e. The van der Waals surface area contributed by atoms with Crippen LogP contribution in [0.5, 0.6) is 0 Å². The van der Waals surface area contributed by atoms with E-state index in [1.807, 2.05) is 6.92 Å². The molecule has 0 bridgehead atoms. The molecule has 0 spiro atoms. The van der Waals surface area contributed by atoms with Gasteiger partial charge in [0.2, 0.25) is 0 Å². The third-order valence-corrected chi connectivity index (χ3v) is 3.23. The van der Waals surface area contributed by atoms with Crippen LogP contribution in [0.25, 0.3) is 0 Å². The summed E-state index contributed by atoms with van der Waals surface area (Å²) >= 11 is 3.29. The van der Waals surface area contributed by atoms with Crippen LogP contribution in [0.2, 0.25) is 0 Å². The molecule has 0 aliphatic rings. The third-order valence-electron chi connectivity index (χ3n) is 2.80. The number of anilines is 1. The van der Waals surface area contributed by atoms with Crippen LogP contribution < -0.4 is 16.6 Å². The first-order valence-electron chi connectivity index (χ1n) is 5.92. The molecule has 6 heteroatoms. The largest absolute Gasteiger partial charge is 0.349 e. The number of halogens is 1. The van der Waals surface area contributed by atoms with Gasteiger partial charge in [-0.05, 0) is 34.3 Å². The molecule has 5 nitrogen and oxygen atoms in total. The predicted octanol–water partition coefficient (Wildman–Crippen LogP) is 2.29. The molecule has 0 aliphatic carbocycles. The van der Waals surface area contributed by atoms with Crippen LogP contribution in [-0.2, 0) is 0 Å². The summed E-state index contributed by atoms with van der Waals surface area (Å²) in [6.07, 6.45) is 2.47. The van der Waals surface area contributed by atoms with Gasteiger partial charge in [0.25, 0.3) is 5.91 Å². The second kappa shape index (κ2) is 6.70. The van der Waals surface area contributed by atoms with Crippen LogP contribution in [-0.4, -0.2) is 16.9 Å². The smallest absolute Gasteiger partial charge is 0.255 e. The van der Waals surface area contributed by atoms with Crippen molar-refractivity contribution in [3.8, 4) is 0 Å². The molecule has 1 heterocycles. The van der Waals surface area contributed by atoms with Gasteiger partial charge >= 0.3 is 0 Å². The van der Waals surface area contributed by atoms with Crippen molar-refractivity contribution in [2.45, 2.75) is 33.2 Å². The fourth-order valence-corrected chi connectivity index (χ4v) is 2.04. The van der Waals surface area contributed by atoms with Crippen LogP contribution in [0.15, 0.2) is 16.7 Å². The Bertz CT molecular complexity index is 423. The van der Waals surface area contributed by atoms with Crippen molar-refractivity contribution in [1.29, 1.82) is 0 Å². The highest BCUT2D eigenvalue weighted by Gasteiger charge is 2.18. The Balaban J connectivity index is 2.92. The van der Waals surface area contributed by atoms with Gasteiger partial charge in [0.15, 0.2) is 5.82 Å². The van der Waals surface area contributed by atoms with Crippen molar-refractivity contribution in [3.63, 3.8) is 0 Å². The molecule has 0 saturated heterocycles. The molecular weight excluding hydrogens is 296 g/mol. The van der Waals surface area contributed by atoms with Crippen LogP contribution >= 0.6 is 15.9 Å². The third kappa shape index (κ3) is 3.68. The van der Waals surface area contributed by atoms with Crippen LogP contribution in [0, 0.1) is 5.92 Å². The molecule has 1 unspecified atom stereocenters. The van der Waals surface area contributed by atoms with Crippen molar-refractivity contribution < 1.29 is 4.79 Å². The summed E-state index contributed by atoms with van der Waals surface area (Å²) < 4.78 is 0.740. The van der Waals surface area contributed by atoms with Gasteiger partial charge in [-0.1, -0.05) is 20.8 Å². The highest BCUT2D eigenvalue weighted by molar-refractivity contribution is 9.10. The number of nitrogens with one attached hydrogen (secondary N) is 2. The zero-order chi connectivity index (χ0) is 13.7. The monoisotopic (exact) mass is 314 g/mol. The molecule has 0 saturated carbocycles. The van der Waals surface area contributed by atoms with Crippen molar-refractivity contribution in [2.75, 3.05) is 5.43 Å². The quantitative estimate of drug-likeness (QED) is 0.575. The normalized spacial score (nSPS) is 12.3. The van der Waals surface area contributed by atoms with E-state index in [0.717, 1.165) is 10.9 Å². The van der Waals surface area contributed by atoms with E-state index >= 15 is 0 Å². The fraction of sp³-hybridized carbons (Fsp3) is 0.500. The van der Waals surface area contributed by atoms with Gasteiger partial charge in [-0.2, -0.15) is 0 Å². The maximum atomic E-state index is 12.2. The van der Waals surface area contributed by atoms with Crippen LogP contribution in [0.3, 0.4) is 0 Å². The number of pyridine rings is 1. The lowest BCUT2D eigenvalue weighted by atomic mass is 10.0. The molecule has 1 amide bonds. The first kappa shape index (κ1) is 14.9. The SMILES string of the molecule is CCC(NC(=O)c1cc(Br)cnc1NN)C(C)C. The number of hydrogen-bond donors (Lipinski definition) is 3. The van der Waals surface area contributed by atoms with Crippen molar-refractivity contribution in [3.05, 3.63) is 22.3 Å². The van der Waals surface area contributed by atoms with E-state index in [1.54, 1.807) is 12.3 Å². The van der Waals surface area contributed by atoms with Gasteiger partial charge in [0.1, 0.15) is 0 Å². The number of carbonyl (C=O) groups is 1.